The molecular weight excluding hydrogens is 356 g/mol. The van der Waals surface area contributed by atoms with Gasteiger partial charge in [0.1, 0.15) is 5.54 Å². The van der Waals surface area contributed by atoms with Gasteiger partial charge in [-0.2, -0.15) is 5.10 Å². The number of nitrogens with two attached hydrogens (primary N) is 1. The number of nitrogens with zero attached hydrogens (tertiary/aromatic N) is 2. The van der Waals surface area contributed by atoms with E-state index in [-0.39, 0.29) is 5.91 Å². The van der Waals surface area contributed by atoms with E-state index in [1.165, 1.54) is 18.5 Å². The largest absolute Gasteiger partial charge is 0.314 e. The summed E-state index contributed by atoms with van der Waals surface area (Å²) in [5.74, 6) is 0.902. The molecular formula is C17H21BrN4O. The van der Waals surface area contributed by atoms with Gasteiger partial charge in [0.2, 0.25) is 5.91 Å². The molecule has 3 N–H and O–H groups in total. The van der Waals surface area contributed by atoms with Crippen molar-refractivity contribution >= 4 is 27.7 Å². The van der Waals surface area contributed by atoms with Crippen LogP contribution in [0.4, 0.5) is 5.82 Å². The molecule has 1 amide bonds. The Hall–Kier alpha value is -1.66. The summed E-state index contributed by atoms with van der Waals surface area (Å²) < 4.78 is 2.91. The van der Waals surface area contributed by atoms with Gasteiger partial charge in [-0.1, -0.05) is 28.1 Å². The van der Waals surface area contributed by atoms with Crippen LogP contribution in [0.2, 0.25) is 0 Å². The number of carbonyl (C=O) groups is 1. The van der Waals surface area contributed by atoms with Gasteiger partial charge in [0, 0.05) is 28.7 Å². The van der Waals surface area contributed by atoms with Crippen LogP contribution >= 0.6 is 15.9 Å². The van der Waals surface area contributed by atoms with Crippen molar-refractivity contribution in [3.8, 4) is 0 Å². The normalized spacial score (nSPS) is 16.9. The van der Waals surface area contributed by atoms with Gasteiger partial charge in [0.15, 0.2) is 5.82 Å². The molecule has 1 aliphatic carbocycles. The predicted octanol–water partition coefficient (Wildman–Crippen LogP) is 3.36. The highest BCUT2D eigenvalue weighted by Crippen LogP contribution is 2.40. The van der Waals surface area contributed by atoms with Crippen LogP contribution in [0, 0.1) is 0 Å². The number of carbonyl (C=O) groups excluding carboxylic acids is 1. The van der Waals surface area contributed by atoms with Crippen molar-refractivity contribution in [3.05, 3.63) is 46.1 Å². The molecule has 1 saturated carbocycles. The summed E-state index contributed by atoms with van der Waals surface area (Å²) >= 11 is 3.39. The van der Waals surface area contributed by atoms with Crippen LogP contribution < -0.4 is 11.1 Å². The highest BCUT2D eigenvalue weighted by Gasteiger charge is 2.32. The molecule has 0 spiro atoms. The molecule has 1 unspecified atom stereocenters. The maximum Gasteiger partial charge on any atom is 0.249 e. The van der Waals surface area contributed by atoms with Crippen molar-refractivity contribution in [1.82, 2.24) is 9.78 Å². The highest BCUT2D eigenvalue weighted by atomic mass is 79.9. The lowest BCUT2D eigenvalue weighted by Gasteiger charge is -2.23. The molecule has 1 aromatic carbocycles. The maximum atomic E-state index is 12.6. The Kier molecular flexibility index (Phi) is 4.29. The smallest absolute Gasteiger partial charge is 0.249 e. The molecule has 3 rings (SSSR count). The van der Waals surface area contributed by atoms with Crippen LogP contribution in [0.25, 0.3) is 0 Å². The standard InChI is InChI=1S/C17H21BrN4O/c1-3-22-14(11-4-5-11)10-15(21-22)20-16(23)17(2,19)12-6-8-13(18)9-7-12/h6-11H,3-5,19H2,1-2H3,(H,20,21,23). The second kappa shape index (κ2) is 6.09. The Morgan fingerprint density at radius 1 is 1.43 bits per heavy atom. The number of anilines is 1. The van der Waals surface area contributed by atoms with Crippen molar-refractivity contribution in [1.29, 1.82) is 0 Å². The molecule has 1 aromatic heterocycles. The third kappa shape index (κ3) is 3.33. The van der Waals surface area contributed by atoms with E-state index in [4.69, 9.17) is 5.73 Å². The van der Waals surface area contributed by atoms with Crippen LogP contribution in [0.1, 0.15) is 43.9 Å². The van der Waals surface area contributed by atoms with Gasteiger partial charge in [0.05, 0.1) is 0 Å². The maximum absolute atomic E-state index is 12.6. The summed E-state index contributed by atoms with van der Waals surface area (Å²) in [4.78, 5) is 12.6. The third-order valence-electron chi connectivity index (χ3n) is 4.26. The first-order valence-corrected chi connectivity index (χ1v) is 8.65. The molecule has 0 saturated heterocycles. The van der Waals surface area contributed by atoms with Crippen molar-refractivity contribution in [2.24, 2.45) is 5.73 Å². The molecule has 5 nitrogen and oxygen atoms in total. The zero-order chi connectivity index (χ0) is 16.6. The monoisotopic (exact) mass is 376 g/mol. The number of hydrogen-bond donors (Lipinski definition) is 2. The average molecular weight is 377 g/mol. The van der Waals surface area contributed by atoms with E-state index in [9.17, 15) is 4.79 Å². The third-order valence-corrected chi connectivity index (χ3v) is 4.79. The van der Waals surface area contributed by atoms with Crippen LogP contribution in [-0.4, -0.2) is 15.7 Å². The Bertz CT molecular complexity index is 717. The molecule has 0 aliphatic heterocycles. The number of hydrogen-bond acceptors (Lipinski definition) is 3. The van der Waals surface area contributed by atoms with Gasteiger partial charge in [-0.05, 0) is 44.4 Å². The summed E-state index contributed by atoms with van der Waals surface area (Å²) in [7, 11) is 0. The summed E-state index contributed by atoms with van der Waals surface area (Å²) in [6, 6.07) is 9.43. The van der Waals surface area contributed by atoms with Gasteiger partial charge in [-0.25, -0.2) is 0 Å². The number of aromatic nitrogens is 2. The molecule has 23 heavy (non-hydrogen) atoms. The number of rotatable bonds is 5. The lowest BCUT2D eigenvalue weighted by atomic mass is 9.92. The van der Waals surface area contributed by atoms with Crippen molar-refractivity contribution in [2.75, 3.05) is 5.32 Å². The number of amides is 1. The molecule has 1 atom stereocenters. The van der Waals surface area contributed by atoms with Gasteiger partial charge < -0.3 is 11.1 Å². The first-order chi connectivity index (χ1) is 10.9. The first-order valence-electron chi connectivity index (χ1n) is 7.86. The molecule has 1 heterocycles. The molecule has 122 valence electrons. The summed E-state index contributed by atoms with van der Waals surface area (Å²) in [5.41, 5.74) is 7.11. The minimum Gasteiger partial charge on any atom is -0.314 e. The SMILES string of the molecule is CCn1nc(NC(=O)C(C)(N)c2ccc(Br)cc2)cc1C1CC1. The van der Waals surface area contributed by atoms with Gasteiger partial charge in [0.25, 0.3) is 0 Å². The van der Waals surface area contributed by atoms with E-state index >= 15 is 0 Å². The van der Waals surface area contributed by atoms with Crippen molar-refractivity contribution in [3.63, 3.8) is 0 Å². The van der Waals surface area contributed by atoms with Crippen molar-refractivity contribution < 1.29 is 4.79 Å². The quantitative estimate of drug-likeness (QED) is 0.839. The number of nitrogens with one attached hydrogen (secondary N) is 1. The molecule has 1 fully saturated rings. The number of halogens is 1. The molecule has 0 radical (unpaired) electrons. The van der Waals surface area contributed by atoms with E-state index in [0.29, 0.717) is 11.7 Å². The summed E-state index contributed by atoms with van der Waals surface area (Å²) in [6.07, 6.45) is 2.40. The van der Waals surface area contributed by atoms with E-state index in [1.807, 2.05) is 35.0 Å². The molecule has 1 aliphatic rings. The Labute approximate surface area is 144 Å². The average Bonchev–Trinajstić information content (AvgIpc) is 3.29. The molecule has 2 aromatic rings. The Balaban J connectivity index is 1.79. The Morgan fingerprint density at radius 2 is 2.09 bits per heavy atom. The number of benzene rings is 1. The fourth-order valence-corrected chi connectivity index (χ4v) is 2.89. The van der Waals surface area contributed by atoms with Crippen molar-refractivity contribution in [2.45, 2.75) is 44.7 Å². The van der Waals surface area contributed by atoms with Crippen LogP contribution in [0.3, 0.4) is 0 Å². The van der Waals surface area contributed by atoms with E-state index in [1.54, 1.807) is 6.92 Å². The summed E-state index contributed by atoms with van der Waals surface area (Å²) in [5, 5.41) is 7.34. The first kappa shape index (κ1) is 16.2. The second-order valence-corrected chi connectivity index (χ2v) is 7.12. The number of aryl methyl sites for hydroxylation is 1. The van der Waals surface area contributed by atoms with Crippen LogP contribution in [0.15, 0.2) is 34.8 Å². The predicted molar refractivity (Wildman–Crippen MR) is 94.2 cm³/mol. The zero-order valence-electron chi connectivity index (χ0n) is 13.3. The minimum atomic E-state index is -1.11. The minimum absolute atomic E-state index is 0.261. The van der Waals surface area contributed by atoms with E-state index in [2.05, 4.69) is 33.3 Å². The van der Waals surface area contributed by atoms with Gasteiger partial charge in [-0.3, -0.25) is 9.48 Å². The Morgan fingerprint density at radius 3 is 2.65 bits per heavy atom. The second-order valence-electron chi connectivity index (χ2n) is 6.21. The van der Waals surface area contributed by atoms with Gasteiger partial charge in [-0.15, -0.1) is 0 Å². The topological polar surface area (TPSA) is 72.9 Å². The van der Waals surface area contributed by atoms with Crippen LogP contribution in [-0.2, 0) is 16.9 Å². The lowest BCUT2D eigenvalue weighted by molar-refractivity contribution is -0.120. The molecule has 6 heteroatoms. The molecule has 0 bridgehead atoms. The zero-order valence-corrected chi connectivity index (χ0v) is 14.9. The fourth-order valence-electron chi connectivity index (χ4n) is 2.63. The van der Waals surface area contributed by atoms with Crippen LogP contribution in [0.5, 0.6) is 0 Å². The van der Waals surface area contributed by atoms with E-state index in [0.717, 1.165) is 16.6 Å². The van der Waals surface area contributed by atoms with E-state index < -0.39 is 5.54 Å². The lowest BCUT2D eigenvalue weighted by Crippen LogP contribution is -2.45. The fraction of sp³-hybridized carbons (Fsp3) is 0.412. The highest BCUT2D eigenvalue weighted by molar-refractivity contribution is 9.10. The summed E-state index contributed by atoms with van der Waals surface area (Å²) in [6.45, 7) is 4.57. The van der Waals surface area contributed by atoms with Gasteiger partial charge >= 0.3 is 0 Å².